The van der Waals surface area contributed by atoms with Gasteiger partial charge in [0.25, 0.3) is 5.56 Å². The van der Waals surface area contributed by atoms with Crippen LogP contribution < -0.4 is 26.1 Å². The first-order chi connectivity index (χ1) is 12.8. The predicted octanol–water partition coefficient (Wildman–Crippen LogP) is 1.23. The van der Waals surface area contributed by atoms with Gasteiger partial charge in [0.05, 0.1) is 30.8 Å². The van der Waals surface area contributed by atoms with Gasteiger partial charge in [-0.2, -0.15) is 5.10 Å². The lowest BCUT2D eigenvalue weighted by Crippen LogP contribution is -2.30. The van der Waals surface area contributed by atoms with Crippen LogP contribution in [0.4, 0.5) is 0 Å². The van der Waals surface area contributed by atoms with E-state index in [4.69, 9.17) is 9.47 Å². The molecule has 1 amide bonds. The Hall–Kier alpha value is -2.88. The molecule has 0 atom stereocenters. The zero-order chi connectivity index (χ0) is 20.0. The van der Waals surface area contributed by atoms with Crippen molar-refractivity contribution >= 4 is 28.1 Å². The van der Waals surface area contributed by atoms with Gasteiger partial charge in [-0.05, 0) is 47.5 Å². The van der Waals surface area contributed by atoms with Crippen LogP contribution in [0, 0.1) is 6.92 Å². The van der Waals surface area contributed by atoms with Crippen molar-refractivity contribution in [1.29, 1.82) is 0 Å². The SMILES string of the molecule is CCOc1c(Br)cc(/C=N\NC(=O)Cc2c(C)[nH]c(=O)[nH]c2=O)cc1OC. The highest BCUT2D eigenvalue weighted by molar-refractivity contribution is 9.10. The Balaban J connectivity index is 2.09. The first-order valence-electron chi connectivity index (χ1n) is 8.00. The minimum Gasteiger partial charge on any atom is -0.493 e. The second-order valence-electron chi connectivity index (χ2n) is 5.45. The van der Waals surface area contributed by atoms with E-state index in [1.807, 2.05) is 6.92 Å². The summed E-state index contributed by atoms with van der Waals surface area (Å²) in [5, 5.41) is 3.88. The number of benzene rings is 1. The summed E-state index contributed by atoms with van der Waals surface area (Å²) in [4.78, 5) is 39.4. The highest BCUT2D eigenvalue weighted by atomic mass is 79.9. The maximum absolute atomic E-state index is 12.0. The van der Waals surface area contributed by atoms with Gasteiger partial charge in [-0.15, -0.1) is 0 Å². The number of nitrogens with zero attached hydrogens (tertiary/aromatic N) is 1. The molecule has 2 aromatic rings. The fraction of sp³-hybridized carbons (Fsp3) is 0.294. The van der Waals surface area contributed by atoms with Crippen molar-refractivity contribution in [3.05, 3.63) is 54.3 Å². The van der Waals surface area contributed by atoms with Crippen molar-refractivity contribution < 1.29 is 14.3 Å². The highest BCUT2D eigenvalue weighted by Gasteiger charge is 2.12. The molecule has 0 aliphatic rings. The summed E-state index contributed by atoms with van der Waals surface area (Å²) in [6.07, 6.45) is 1.22. The molecular formula is C17H19BrN4O5. The molecular weight excluding hydrogens is 420 g/mol. The van der Waals surface area contributed by atoms with E-state index in [9.17, 15) is 14.4 Å². The molecule has 3 N–H and O–H groups in total. The largest absolute Gasteiger partial charge is 0.493 e. The molecule has 0 saturated carbocycles. The number of hydrogen-bond acceptors (Lipinski definition) is 6. The minimum atomic E-state index is -0.616. The van der Waals surface area contributed by atoms with Crippen molar-refractivity contribution in [2.45, 2.75) is 20.3 Å². The molecule has 144 valence electrons. The number of hydrogen-bond donors (Lipinski definition) is 3. The smallest absolute Gasteiger partial charge is 0.325 e. The number of H-pyrrole nitrogens is 2. The first-order valence-corrected chi connectivity index (χ1v) is 8.79. The minimum absolute atomic E-state index is 0.174. The Kier molecular flexibility index (Phi) is 6.94. The van der Waals surface area contributed by atoms with Crippen molar-refractivity contribution in [3.8, 4) is 11.5 Å². The van der Waals surface area contributed by atoms with Crippen molar-refractivity contribution in [2.75, 3.05) is 13.7 Å². The Morgan fingerprint density at radius 2 is 2.07 bits per heavy atom. The lowest BCUT2D eigenvalue weighted by Gasteiger charge is -2.11. The summed E-state index contributed by atoms with van der Waals surface area (Å²) in [5.41, 5.74) is 2.30. The average Bonchev–Trinajstić information content (AvgIpc) is 2.60. The van der Waals surface area contributed by atoms with E-state index in [2.05, 4.69) is 36.4 Å². The van der Waals surface area contributed by atoms with E-state index in [1.54, 1.807) is 19.1 Å². The molecule has 10 heteroatoms. The van der Waals surface area contributed by atoms with Gasteiger partial charge in [0.1, 0.15) is 0 Å². The summed E-state index contributed by atoms with van der Waals surface area (Å²) >= 11 is 3.41. The predicted molar refractivity (Wildman–Crippen MR) is 104 cm³/mol. The van der Waals surface area contributed by atoms with E-state index < -0.39 is 17.2 Å². The van der Waals surface area contributed by atoms with Crippen LogP contribution in [0.15, 0.2) is 31.3 Å². The maximum Gasteiger partial charge on any atom is 0.325 e. The molecule has 1 heterocycles. The van der Waals surface area contributed by atoms with E-state index in [0.717, 1.165) is 0 Å². The molecule has 1 aromatic carbocycles. The summed E-state index contributed by atoms with van der Waals surface area (Å²) < 4.78 is 11.5. The normalized spacial score (nSPS) is 10.8. The van der Waals surface area contributed by atoms with E-state index >= 15 is 0 Å². The van der Waals surface area contributed by atoms with Gasteiger partial charge < -0.3 is 14.5 Å². The summed E-state index contributed by atoms with van der Waals surface area (Å²) in [6, 6.07) is 3.47. The molecule has 0 saturated heterocycles. The molecule has 27 heavy (non-hydrogen) atoms. The van der Waals surface area contributed by atoms with Crippen LogP contribution in [0.3, 0.4) is 0 Å². The van der Waals surface area contributed by atoms with Crippen molar-refractivity contribution in [2.24, 2.45) is 5.10 Å². The van der Waals surface area contributed by atoms with Crippen molar-refractivity contribution in [3.63, 3.8) is 0 Å². The van der Waals surface area contributed by atoms with Gasteiger partial charge in [-0.25, -0.2) is 10.2 Å². The van der Waals surface area contributed by atoms with Crippen LogP contribution in [-0.2, 0) is 11.2 Å². The number of halogens is 1. The fourth-order valence-corrected chi connectivity index (χ4v) is 2.89. The number of methoxy groups -OCH3 is 1. The number of carbonyl (C=O) groups excluding carboxylic acids is 1. The Morgan fingerprint density at radius 1 is 1.33 bits per heavy atom. The standard InChI is InChI=1S/C17H19BrN4O5/c1-4-27-15-12(18)5-10(6-13(15)26-3)8-19-22-14(23)7-11-9(2)20-17(25)21-16(11)24/h5-6,8H,4,7H2,1-3H3,(H,22,23)(H2,20,21,24,25)/b19-8-. The third-order valence-electron chi connectivity index (χ3n) is 3.54. The quantitative estimate of drug-likeness (QED) is 0.442. The maximum atomic E-state index is 12.0. The van der Waals surface area contributed by atoms with Crippen LogP contribution in [0.5, 0.6) is 11.5 Å². The van der Waals surface area contributed by atoms with Gasteiger partial charge >= 0.3 is 5.69 Å². The number of nitrogens with one attached hydrogen (secondary N) is 3. The molecule has 0 aliphatic carbocycles. The lowest BCUT2D eigenvalue weighted by molar-refractivity contribution is -0.120. The molecule has 0 aliphatic heterocycles. The zero-order valence-corrected chi connectivity index (χ0v) is 16.6. The second-order valence-corrected chi connectivity index (χ2v) is 6.30. The van der Waals surface area contributed by atoms with Crippen LogP contribution in [0.1, 0.15) is 23.7 Å². The van der Waals surface area contributed by atoms with E-state index in [0.29, 0.717) is 33.8 Å². The van der Waals surface area contributed by atoms with Crippen LogP contribution in [0.25, 0.3) is 0 Å². The Labute approximate surface area is 162 Å². The van der Waals surface area contributed by atoms with Crippen LogP contribution in [-0.4, -0.2) is 35.8 Å². The summed E-state index contributed by atoms with van der Waals surface area (Å²) in [5.74, 6) is 0.604. The number of ether oxygens (including phenoxy) is 2. The molecule has 0 bridgehead atoms. The number of hydrazone groups is 1. The number of aromatic amines is 2. The molecule has 1 aromatic heterocycles. The van der Waals surface area contributed by atoms with Crippen LogP contribution in [0.2, 0.25) is 0 Å². The Bertz CT molecular complexity index is 980. The number of aryl methyl sites for hydroxylation is 1. The van der Waals surface area contributed by atoms with Gasteiger partial charge in [0.2, 0.25) is 5.91 Å². The van der Waals surface area contributed by atoms with Crippen LogP contribution >= 0.6 is 15.9 Å². The second kappa shape index (κ2) is 9.17. The number of rotatable bonds is 7. The number of aromatic nitrogens is 2. The highest BCUT2D eigenvalue weighted by Crippen LogP contribution is 2.36. The first kappa shape index (κ1) is 20.4. The topological polar surface area (TPSA) is 126 Å². The number of carbonyl (C=O) groups is 1. The summed E-state index contributed by atoms with van der Waals surface area (Å²) in [6.45, 7) is 3.90. The van der Waals surface area contributed by atoms with E-state index in [1.165, 1.54) is 13.3 Å². The summed E-state index contributed by atoms with van der Waals surface area (Å²) in [7, 11) is 1.52. The molecule has 2 rings (SSSR count). The lowest BCUT2D eigenvalue weighted by atomic mass is 10.1. The average molecular weight is 439 g/mol. The van der Waals surface area contributed by atoms with Gasteiger partial charge in [0, 0.05) is 11.3 Å². The molecule has 9 nitrogen and oxygen atoms in total. The number of amides is 1. The van der Waals surface area contributed by atoms with Gasteiger partial charge in [0.15, 0.2) is 11.5 Å². The zero-order valence-electron chi connectivity index (χ0n) is 15.0. The van der Waals surface area contributed by atoms with Crippen molar-refractivity contribution in [1.82, 2.24) is 15.4 Å². The Morgan fingerprint density at radius 3 is 2.70 bits per heavy atom. The fourth-order valence-electron chi connectivity index (χ4n) is 2.32. The molecule has 0 radical (unpaired) electrons. The van der Waals surface area contributed by atoms with E-state index in [-0.39, 0.29) is 12.0 Å². The third-order valence-corrected chi connectivity index (χ3v) is 4.12. The monoisotopic (exact) mass is 438 g/mol. The van der Waals surface area contributed by atoms with Gasteiger partial charge in [-0.3, -0.25) is 14.6 Å². The molecule has 0 fully saturated rings. The molecule has 0 unspecified atom stereocenters. The third kappa shape index (κ3) is 5.30. The molecule has 0 spiro atoms. The van der Waals surface area contributed by atoms with Gasteiger partial charge in [-0.1, -0.05) is 0 Å².